The lowest BCUT2D eigenvalue weighted by molar-refractivity contribution is 0.718. The quantitative estimate of drug-likeness (QED) is 0.612. The van der Waals surface area contributed by atoms with E-state index in [1.807, 2.05) is 0 Å². The van der Waals surface area contributed by atoms with E-state index in [9.17, 15) is 0 Å². The van der Waals surface area contributed by atoms with Crippen LogP contribution in [0.25, 0.3) is 16.3 Å². The Balaban J connectivity index is 2.04. The van der Waals surface area contributed by atoms with Crippen molar-refractivity contribution in [2.45, 2.75) is 20.3 Å². The van der Waals surface area contributed by atoms with Gasteiger partial charge in [0.2, 0.25) is 0 Å². The fraction of sp³-hybridized carbons (Fsp3) is 0.263. The van der Waals surface area contributed by atoms with Crippen molar-refractivity contribution < 1.29 is 0 Å². The largest absolute Gasteiger partial charge is 0.0807 e. The van der Waals surface area contributed by atoms with Crippen LogP contribution in [0, 0.1) is 18.8 Å². The van der Waals surface area contributed by atoms with Gasteiger partial charge in [-0.15, -0.1) is 0 Å². The fourth-order valence-corrected chi connectivity index (χ4v) is 3.85. The van der Waals surface area contributed by atoms with Crippen LogP contribution in [0.5, 0.6) is 0 Å². The van der Waals surface area contributed by atoms with Gasteiger partial charge in [0, 0.05) is 5.92 Å². The summed E-state index contributed by atoms with van der Waals surface area (Å²) in [6.07, 6.45) is 6.10. The molecule has 2 aromatic rings. The molecular formula is C19H18. The van der Waals surface area contributed by atoms with Gasteiger partial charge in [0.05, 0.1) is 0 Å². The Morgan fingerprint density at radius 3 is 2.47 bits per heavy atom. The van der Waals surface area contributed by atoms with Gasteiger partial charge in [-0.05, 0) is 53.7 Å². The normalized spacial score (nSPS) is 24.7. The van der Waals surface area contributed by atoms with Gasteiger partial charge in [0.15, 0.2) is 0 Å². The van der Waals surface area contributed by atoms with E-state index in [-0.39, 0.29) is 0 Å². The zero-order valence-electron chi connectivity index (χ0n) is 11.5. The van der Waals surface area contributed by atoms with Crippen LogP contribution in [-0.4, -0.2) is 0 Å². The van der Waals surface area contributed by atoms with Crippen molar-refractivity contribution in [2.75, 3.05) is 0 Å². The highest BCUT2D eigenvalue weighted by atomic mass is 14.4. The predicted molar refractivity (Wildman–Crippen MR) is 82.0 cm³/mol. The van der Waals surface area contributed by atoms with Crippen LogP contribution in [0.15, 0.2) is 54.1 Å². The summed E-state index contributed by atoms with van der Waals surface area (Å²) in [5.41, 5.74) is 6.09. The molecule has 0 radical (unpaired) electrons. The Morgan fingerprint density at radius 2 is 1.68 bits per heavy atom. The first kappa shape index (κ1) is 11.0. The highest BCUT2D eigenvalue weighted by molar-refractivity contribution is 5.97. The number of hydrogen-bond acceptors (Lipinski definition) is 0. The molecule has 2 unspecified atom stereocenters. The SMILES string of the molecule is CC1=C(c2c(C)ccc3ccccc23)C2C=CC1C2. The Labute approximate surface area is 114 Å². The number of allylic oxidation sites excluding steroid dienone is 4. The van der Waals surface area contributed by atoms with Crippen LogP contribution >= 0.6 is 0 Å². The predicted octanol–water partition coefficient (Wildman–Crippen LogP) is 5.13. The van der Waals surface area contributed by atoms with Crippen molar-refractivity contribution in [1.29, 1.82) is 0 Å². The van der Waals surface area contributed by atoms with Gasteiger partial charge in [-0.3, -0.25) is 0 Å². The van der Waals surface area contributed by atoms with Gasteiger partial charge >= 0.3 is 0 Å². The standard InChI is InChI=1S/C19H18/c1-12-7-8-14-5-3-4-6-17(14)18(12)19-13(2)15-9-10-16(19)11-15/h3-10,15-16H,11H2,1-2H3. The summed E-state index contributed by atoms with van der Waals surface area (Å²) < 4.78 is 0. The van der Waals surface area contributed by atoms with Gasteiger partial charge in [-0.25, -0.2) is 0 Å². The summed E-state index contributed by atoms with van der Waals surface area (Å²) in [6.45, 7) is 4.57. The van der Waals surface area contributed by atoms with Crippen LogP contribution in [0.4, 0.5) is 0 Å². The molecule has 0 aromatic heterocycles. The van der Waals surface area contributed by atoms with E-state index in [2.05, 4.69) is 62.4 Å². The summed E-state index contributed by atoms with van der Waals surface area (Å²) >= 11 is 0. The number of benzene rings is 2. The second-order valence-corrected chi connectivity index (χ2v) is 5.91. The summed E-state index contributed by atoms with van der Waals surface area (Å²) in [7, 11) is 0. The molecule has 0 heterocycles. The summed E-state index contributed by atoms with van der Waals surface area (Å²) in [5, 5.41) is 2.77. The van der Waals surface area contributed by atoms with Crippen LogP contribution in [-0.2, 0) is 0 Å². The third kappa shape index (κ3) is 1.46. The Hall–Kier alpha value is -1.82. The summed E-state index contributed by atoms with van der Waals surface area (Å²) in [5.74, 6) is 1.34. The first-order valence-corrected chi connectivity index (χ1v) is 7.13. The van der Waals surface area contributed by atoms with Crippen molar-refractivity contribution in [2.24, 2.45) is 11.8 Å². The van der Waals surface area contributed by atoms with Crippen molar-refractivity contribution in [3.8, 4) is 0 Å². The minimum absolute atomic E-state index is 0.648. The summed E-state index contributed by atoms with van der Waals surface area (Å²) in [4.78, 5) is 0. The lowest BCUT2D eigenvalue weighted by Crippen LogP contribution is -1.99. The van der Waals surface area contributed by atoms with E-state index in [0.29, 0.717) is 11.8 Å². The molecule has 0 amide bonds. The smallest absolute Gasteiger partial charge is 0.00327 e. The molecule has 0 saturated carbocycles. The minimum Gasteiger partial charge on any atom is -0.0807 e. The third-order valence-corrected chi connectivity index (χ3v) is 4.84. The van der Waals surface area contributed by atoms with Gasteiger partial charge in [-0.1, -0.05) is 54.1 Å². The van der Waals surface area contributed by atoms with Gasteiger partial charge in [0.1, 0.15) is 0 Å². The maximum atomic E-state index is 2.41. The van der Waals surface area contributed by atoms with Crippen molar-refractivity contribution in [3.63, 3.8) is 0 Å². The molecule has 0 N–H and O–H groups in total. The molecule has 0 nitrogen and oxygen atoms in total. The average Bonchev–Trinajstić information content (AvgIpc) is 3.01. The van der Waals surface area contributed by atoms with Gasteiger partial charge in [-0.2, -0.15) is 0 Å². The van der Waals surface area contributed by atoms with Crippen molar-refractivity contribution in [1.82, 2.24) is 0 Å². The van der Waals surface area contributed by atoms with E-state index < -0.39 is 0 Å². The van der Waals surface area contributed by atoms with Gasteiger partial charge < -0.3 is 0 Å². The lowest BCUT2D eigenvalue weighted by atomic mass is 9.86. The molecule has 0 heteroatoms. The Kier molecular flexibility index (Phi) is 2.23. The maximum absolute atomic E-state index is 2.41. The molecule has 0 fully saturated rings. The second-order valence-electron chi connectivity index (χ2n) is 5.91. The van der Waals surface area contributed by atoms with Crippen molar-refractivity contribution >= 4 is 16.3 Å². The minimum atomic E-state index is 0.648. The molecule has 19 heavy (non-hydrogen) atoms. The van der Waals surface area contributed by atoms with E-state index in [1.165, 1.54) is 28.3 Å². The fourth-order valence-electron chi connectivity index (χ4n) is 3.85. The molecule has 2 atom stereocenters. The van der Waals surface area contributed by atoms with E-state index in [0.717, 1.165) is 0 Å². The third-order valence-electron chi connectivity index (χ3n) is 4.84. The zero-order chi connectivity index (χ0) is 13.0. The molecule has 2 aliphatic rings. The first-order valence-electron chi connectivity index (χ1n) is 7.13. The molecule has 0 aliphatic heterocycles. The summed E-state index contributed by atoms with van der Waals surface area (Å²) in [6, 6.07) is 13.3. The average molecular weight is 246 g/mol. The number of aryl methyl sites for hydroxylation is 1. The first-order chi connectivity index (χ1) is 9.25. The number of rotatable bonds is 1. The number of fused-ring (bicyclic) bond motifs is 3. The Bertz CT molecular complexity index is 731. The molecule has 2 bridgehead atoms. The monoisotopic (exact) mass is 246 g/mol. The zero-order valence-corrected chi connectivity index (χ0v) is 11.5. The number of hydrogen-bond donors (Lipinski definition) is 0. The van der Waals surface area contributed by atoms with Crippen LogP contribution in [0.1, 0.15) is 24.5 Å². The van der Waals surface area contributed by atoms with Crippen LogP contribution in [0.2, 0.25) is 0 Å². The van der Waals surface area contributed by atoms with E-state index in [1.54, 1.807) is 11.1 Å². The van der Waals surface area contributed by atoms with Gasteiger partial charge in [0.25, 0.3) is 0 Å². The second kappa shape index (κ2) is 3.84. The molecule has 4 rings (SSSR count). The maximum Gasteiger partial charge on any atom is 0.00327 e. The molecule has 0 spiro atoms. The Morgan fingerprint density at radius 1 is 0.895 bits per heavy atom. The van der Waals surface area contributed by atoms with Crippen LogP contribution < -0.4 is 0 Å². The lowest BCUT2D eigenvalue weighted by Gasteiger charge is -2.18. The van der Waals surface area contributed by atoms with E-state index >= 15 is 0 Å². The highest BCUT2D eigenvalue weighted by Crippen LogP contribution is 2.50. The van der Waals surface area contributed by atoms with Crippen molar-refractivity contribution in [3.05, 3.63) is 65.3 Å². The topological polar surface area (TPSA) is 0 Å². The molecule has 2 aliphatic carbocycles. The highest BCUT2D eigenvalue weighted by Gasteiger charge is 2.34. The molecular weight excluding hydrogens is 228 g/mol. The van der Waals surface area contributed by atoms with Crippen LogP contribution in [0.3, 0.4) is 0 Å². The molecule has 2 aromatic carbocycles. The van der Waals surface area contributed by atoms with E-state index in [4.69, 9.17) is 0 Å². The molecule has 0 saturated heterocycles. The molecule has 94 valence electrons.